The number of anilines is 1. The minimum Gasteiger partial charge on any atom is -0.486 e. The molecule has 0 bridgehead atoms. The largest absolute Gasteiger partial charge is 0.486 e. The Hall–Kier alpha value is -2.31. The van der Waals surface area contributed by atoms with Gasteiger partial charge in [-0.3, -0.25) is 4.98 Å². The summed E-state index contributed by atoms with van der Waals surface area (Å²) in [4.78, 5) is 21.5. The lowest BCUT2D eigenvalue weighted by molar-refractivity contribution is 0.0579. The lowest BCUT2D eigenvalue weighted by Gasteiger charge is -2.46. The Balaban J connectivity index is 1.37. The fourth-order valence-corrected chi connectivity index (χ4v) is 4.60. The molecule has 6 nitrogen and oxygen atoms in total. The zero-order valence-electron chi connectivity index (χ0n) is 16.7. The third-order valence-electron chi connectivity index (χ3n) is 5.82. The summed E-state index contributed by atoms with van der Waals surface area (Å²) < 4.78 is 5.76. The fraction of sp³-hybridized carbons (Fsp3) is 0.455. The number of aromatic nitrogens is 1. The van der Waals surface area contributed by atoms with E-state index in [-0.39, 0.29) is 6.03 Å². The molecular formula is C22H27ClN4O2. The van der Waals surface area contributed by atoms with E-state index in [1.165, 1.54) is 6.42 Å². The van der Waals surface area contributed by atoms with Gasteiger partial charge in [0.15, 0.2) is 0 Å². The van der Waals surface area contributed by atoms with Crippen LogP contribution in [0.25, 0.3) is 0 Å². The Bertz CT molecular complexity index is 848. The molecule has 1 aromatic carbocycles. The van der Waals surface area contributed by atoms with Crippen LogP contribution in [0, 0.1) is 5.92 Å². The topological polar surface area (TPSA) is 57.7 Å². The van der Waals surface area contributed by atoms with Gasteiger partial charge in [0.2, 0.25) is 0 Å². The molecule has 1 aromatic heterocycles. The van der Waals surface area contributed by atoms with Gasteiger partial charge in [-0.2, -0.15) is 0 Å². The number of halogens is 1. The van der Waals surface area contributed by atoms with E-state index in [2.05, 4.69) is 22.2 Å². The van der Waals surface area contributed by atoms with E-state index >= 15 is 0 Å². The number of rotatable bonds is 4. The number of pyridine rings is 1. The SMILES string of the molecule is CN1CC[C@@H]2[C@@H](CCCN2C(=O)Nc2ccc(OCc3ccccn3)c(Cl)c2)C1. The van der Waals surface area contributed by atoms with E-state index in [4.69, 9.17) is 16.3 Å². The number of ether oxygens (including phenoxy) is 1. The second-order valence-electron chi connectivity index (χ2n) is 7.90. The smallest absolute Gasteiger partial charge is 0.322 e. The second-order valence-corrected chi connectivity index (χ2v) is 8.31. The van der Waals surface area contributed by atoms with Crippen molar-refractivity contribution in [2.45, 2.75) is 31.9 Å². The monoisotopic (exact) mass is 414 g/mol. The van der Waals surface area contributed by atoms with Gasteiger partial charge in [-0.25, -0.2) is 4.79 Å². The summed E-state index contributed by atoms with van der Waals surface area (Å²) in [6, 6.07) is 11.3. The van der Waals surface area contributed by atoms with Crippen molar-refractivity contribution in [2.24, 2.45) is 5.92 Å². The molecule has 0 spiro atoms. The van der Waals surface area contributed by atoms with Crippen LogP contribution >= 0.6 is 11.6 Å². The number of hydrogen-bond acceptors (Lipinski definition) is 4. The number of hydrogen-bond donors (Lipinski definition) is 1. The number of benzene rings is 1. The van der Waals surface area contributed by atoms with E-state index in [9.17, 15) is 4.79 Å². The van der Waals surface area contributed by atoms with Gasteiger partial charge in [0, 0.05) is 31.0 Å². The standard InChI is InChI=1S/C22H27ClN4O2/c1-26-12-9-20-16(14-26)5-4-11-27(20)22(28)25-17-7-8-21(19(23)13-17)29-15-18-6-2-3-10-24-18/h2-3,6-8,10,13,16,20H,4-5,9,11-12,14-15H2,1H3,(H,25,28)/t16-,20+/m0/s1. The van der Waals surface area contributed by atoms with E-state index < -0.39 is 0 Å². The number of likely N-dealkylation sites (tertiary alicyclic amines) is 2. The molecule has 2 atom stereocenters. The quantitative estimate of drug-likeness (QED) is 0.812. The van der Waals surface area contributed by atoms with Crippen LogP contribution in [-0.2, 0) is 6.61 Å². The Kier molecular flexibility index (Phi) is 6.21. The van der Waals surface area contributed by atoms with Crippen LogP contribution in [-0.4, -0.2) is 53.5 Å². The van der Waals surface area contributed by atoms with Gasteiger partial charge in [0.25, 0.3) is 0 Å². The summed E-state index contributed by atoms with van der Waals surface area (Å²) in [7, 11) is 2.16. The van der Waals surface area contributed by atoms with Crippen molar-refractivity contribution in [3.05, 3.63) is 53.3 Å². The van der Waals surface area contributed by atoms with Gasteiger partial charge in [-0.15, -0.1) is 0 Å². The summed E-state index contributed by atoms with van der Waals surface area (Å²) in [5, 5.41) is 3.49. The minimum atomic E-state index is -0.0394. The van der Waals surface area contributed by atoms with Crippen LogP contribution < -0.4 is 10.1 Å². The van der Waals surface area contributed by atoms with Gasteiger partial charge in [0.1, 0.15) is 12.4 Å². The molecular weight excluding hydrogens is 388 g/mol. The van der Waals surface area contributed by atoms with Gasteiger partial charge in [0.05, 0.1) is 10.7 Å². The van der Waals surface area contributed by atoms with E-state index in [1.807, 2.05) is 29.2 Å². The molecule has 2 saturated heterocycles. The molecule has 2 aromatic rings. The normalized spacial score (nSPS) is 22.1. The number of nitrogens with one attached hydrogen (secondary N) is 1. The van der Waals surface area contributed by atoms with Crippen LogP contribution in [0.3, 0.4) is 0 Å². The first kappa shape index (κ1) is 20.0. The first-order valence-electron chi connectivity index (χ1n) is 10.2. The highest BCUT2D eigenvalue weighted by molar-refractivity contribution is 6.32. The highest BCUT2D eigenvalue weighted by Gasteiger charge is 2.37. The van der Waals surface area contributed by atoms with Crippen molar-refractivity contribution in [3.8, 4) is 5.75 Å². The first-order chi connectivity index (χ1) is 14.1. The Labute approximate surface area is 176 Å². The zero-order chi connectivity index (χ0) is 20.2. The number of piperidine rings is 2. The number of carbonyl (C=O) groups is 1. The molecule has 2 aliphatic heterocycles. The van der Waals surface area contributed by atoms with Crippen molar-refractivity contribution in [1.82, 2.24) is 14.8 Å². The van der Waals surface area contributed by atoms with E-state index in [0.29, 0.717) is 35.0 Å². The Morgan fingerprint density at radius 2 is 2.17 bits per heavy atom. The molecule has 4 rings (SSSR count). The zero-order valence-corrected chi connectivity index (χ0v) is 17.4. The number of amides is 2. The predicted molar refractivity (Wildman–Crippen MR) is 114 cm³/mol. The van der Waals surface area contributed by atoms with Crippen molar-refractivity contribution in [1.29, 1.82) is 0 Å². The first-order valence-corrected chi connectivity index (χ1v) is 10.6. The fourth-order valence-electron chi connectivity index (χ4n) is 4.36. The average molecular weight is 415 g/mol. The third kappa shape index (κ3) is 4.82. The van der Waals surface area contributed by atoms with Crippen molar-refractivity contribution in [2.75, 3.05) is 32.0 Å². The van der Waals surface area contributed by atoms with Crippen LogP contribution in [0.2, 0.25) is 5.02 Å². The average Bonchev–Trinajstić information content (AvgIpc) is 2.73. The molecule has 29 heavy (non-hydrogen) atoms. The van der Waals surface area contributed by atoms with Crippen molar-refractivity contribution in [3.63, 3.8) is 0 Å². The summed E-state index contributed by atoms with van der Waals surface area (Å²) >= 11 is 6.38. The van der Waals surface area contributed by atoms with Crippen molar-refractivity contribution >= 4 is 23.3 Å². The molecule has 3 heterocycles. The highest BCUT2D eigenvalue weighted by atomic mass is 35.5. The van der Waals surface area contributed by atoms with E-state index in [0.717, 1.165) is 38.2 Å². The van der Waals surface area contributed by atoms with Gasteiger partial charge < -0.3 is 19.9 Å². The molecule has 0 aliphatic carbocycles. The van der Waals surface area contributed by atoms with Gasteiger partial charge in [-0.1, -0.05) is 17.7 Å². The number of fused-ring (bicyclic) bond motifs is 1. The maximum absolute atomic E-state index is 12.9. The molecule has 7 heteroatoms. The van der Waals surface area contributed by atoms with Crippen LogP contribution in [0.15, 0.2) is 42.6 Å². The van der Waals surface area contributed by atoms with Crippen LogP contribution in [0.5, 0.6) is 5.75 Å². The summed E-state index contributed by atoms with van der Waals surface area (Å²) in [6.07, 6.45) is 5.03. The summed E-state index contributed by atoms with van der Waals surface area (Å²) in [5.41, 5.74) is 1.51. The number of nitrogens with zero attached hydrogens (tertiary/aromatic N) is 3. The molecule has 0 radical (unpaired) electrons. The molecule has 154 valence electrons. The van der Waals surface area contributed by atoms with Crippen molar-refractivity contribution < 1.29 is 9.53 Å². The lowest BCUT2D eigenvalue weighted by Crippen LogP contribution is -2.56. The Morgan fingerprint density at radius 3 is 2.97 bits per heavy atom. The third-order valence-corrected chi connectivity index (χ3v) is 6.11. The molecule has 0 unspecified atom stereocenters. The minimum absolute atomic E-state index is 0.0394. The van der Waals surface area contributed by atoms with Crippen LogP contribution in [0.4, 0.5) is 10.5 Å². The second kappa shape index (κ2) is 9.01. The maximum Gasteiger partial charge on any atom is 0.322 e. The highest BCUT2D eigenvalue weighted by Crippen LogP contribution is 2.32. The van der Waals surface area contributed by atoms with E-state index in [1.54, 1.807) is 18.3 Å². The van der Waals surface area contributed by atoms with Gasteiger partial charge in [-0.05, 0) is 69.1 Å². The Morgan fingerprint density at radius 1 is 1.28 bits per heavy atom. The molecule has 2 fully saturated rings. The molecule has 2 aliphatic rings. The summed E-state index contributed by atoms with van der Waals surface area (Å²) in [5.74, 6) is 1.14. The molecule has 1 N–H and O–H groups in total. The summed E-state index contributed by atoms with van der Waals surface area (Å²) in [6.45, 7) is 3.27. The predicted octanol–water partition coefficient (Wildman–Crippen LogP) is 4.26. The van der Waals surface area contributed by atoms with Gasteiger partial charge >= 0.3 is 6.03 Å². The molecule has 0 saturated carbocycles. The maximum atomic E-state index is 12.9. The number of urea groups is 1. The molecule has 2 amide bonds. The van der Waals surface area contributed by atoms with Crippen LogP contribution in [0.1, 0.15) is 25.0 Å². The number of carbonyl (C=O) groups excluding carboxylic acids is 1. The lowest BCUT2D eigenvalue weighted by atomic mass is 9.84.